The number of hydrogen-bond acceptors (Lipinski definition) is 7. The molecule has 3 N–H and O–H groups in total. The summed E-state index contributed by atoms with van der Waals surface area (Å²) in [5.41, 5.74) is 2.82. The molecule has 182 valence electrons. The maximum atomic E-state index is 9.55. The molecule has 3 aromatic rings. The van der Waals surface area contributed by atoms with Crippen molar-refractivity contribution in [3.8, 4) is 5.75 Å². The standard InChI is InChI=1S/C22H24N4O.C4H4O4/c1-27-21-15-23-16-25-22(21)24-11-14-26-12-9-18(10-13-26)20-8-4-6-17-5-2-3-7-19(17)20;5-3(6)1-2-4(7)8/h2-9,15-16H,10-14H2,1H3,(H,23,24,25);1-2H,(H,5,6)(H,7,8). The number of nitrogens with zero attached hydrogens (tertiary/aromatic N) is 3. The van der Waals surface area contributed by atoms with Gasteiger partial charge in [-0.3, -0.25) is 4.90 Å². The number of anilines is 1. The van der Waals surface area contributed by atoms with Crippen molar-refractivity contribution < 1.29 is 24.5 Å². The van der Waals surface area contributed by atoms with E-state index in [0.29, 0.717) is 17.9 Å². The summed E-state index contributed by atoms with van der Waals surface area (Å²) in [6.07, 6.45) is 7.77. The van der Waals surface area contributed by atoms with Crippen LogP contribution < -0.4 is 10.1 Å². The van der Waals surface area contributed by atoms with Gasteiger partial charge >= 0.3 is 11.9 Å². The van der Waals surface area contributed by atoms with Crippen LogP contribution in [0.5, 0.6) is 5.75 Å². The van der Waals surface area contributed by atoms with Crippen LogP contribution in [0.3, 0.4) is 0 Å². The molecule has 0 saturated carbocycles. The minimum absolute atomic E-state index is 0.558. The number of methoxy groups -OCH3 is 1. The number of benzene rings is 2. The fourth-order valence-electron chi connectivity index (χ4n) is 3.74. The molecule has 35 heavy (non-hydrogen) atoms. The Kier molecular flexibility index (Phi) is 9.32. The summed E-state index contributed by atoms with van der Waals surface area (Å²) in [5, 5.41) is 21.6. The zero-order chi connectivity index (χ0) is 25.0. The predicted octanol–water partition coefficient (Wildman–Crippen LogP) is 3.55. The Morgan fingerprint density at radius 1 is 1.11 bits per heavy atom. The van der Waals surface area contributed by atoms with Gasteiger partial charge in [0.25, 0.3) is 0 Å². The normalized spacial score (nSPS) is 13.6. The molecule has 9 heteroatoms. The zero-order valence-electron chi connectivity index (χ0n) is 19.4. The molecular weight excluding hydrogens is 448 g/mol. The summed E-state index contributed by atoms with van der Waals surface area (Å²) < 4.78 is 5.28. The lowest BCUT2D eigenvalue weighted by atomic mass is 9.94. The third-order valence-electron chi connectivity index (χ3n) is 5.42. The average molecular weight is 477 g/mol. The van der Waals surface area contributed by atoms with E-state index < -0.39 is 11.9 Å². The number of carbonyl (C=O) groups is 2. The minimum atomic E-state index is -1.26. The van der Waals surface area contributed by atoms with Gasteiger partial charge in [0, 0.05) is 38.3 Å². The first-order chi connectivity index (χ1) is 17.0. The van der Waals surface area contributed by atoms with Gasteiger partial charge in [0.1, 0.15) is 6.33 Å². The molecule has 0 saturated heterocycles. The van der Waals surface area contributed by atoms with E-state index >= 15 is 0 Å². The molecular formula is C26H28N4O5. The second kappa shape index (κ2) is 12.9. The van der Waals surface area contributed by atoms with Crippen molar-refractivity contribution in [1.82, 2.24) is 14.9 Å². The minimum Gasteiger partial charge on any atom is -0.491 e. The largest absolute Gasteiger partial charge is 0.491 e. The number of hydrogen-bond donors (Lipinski definition) is 3. The molecule has 0 radical (unpaired) electrons. The molecule has 1 aliphatic heterocycles. The van der Waals surface area contributed by atoms with Crippen molar-refractivity contribution >= 4 is 34.1 Å². The van der Waals surface area contributed by atoms with E-state index in [0.717, 1.165) is 38.4 Å². The van der Waals surface area contributed by atoms with E-state index in [4.69, 9.17) is 14.9 Å². The number of carboxylic acid groups (broad SMARTS) is 2. The van der Waals surface area contributed by atoms with Crippen molar-refractivity contribution in [2.24, 2.45) is 0 Å². The second-order valence-corrected chi connectivity index (χ2v) is 7.68. The number of fused-ring (bicyclic) bond motifs is 1. The van der Waals surface area contributed by atoms with Crippen LogP contribution in [0, 0.1) is 0 Å². The quantitative estimate of drug-likeness (QED) is 0.419. The highest BCUT2D eigenvalue weighted by Gasteiger charge is 2.14. The summed E-state index contributed by atoms with van der Waals surface area (Å²) in [5.74, 6) is -1.09. The molecule has 1 aliphatic rings. The van der Waals surface area contributed by atoms with Gasteiger partial charge in [-0.05, 0) is 28.3 Å². The fourth-order valence-corrected chi connectivity index (χ4v) is 3.74. The summed E-state index contributed by atoms with van der Waals surface area (Å²) in [7, 11) is 1.63. The van der Waals surface area contributed by atoms with Crippen molar-refractivity contribution in [2.75, 3.05) is 38.6 Å². The van der Waals surface area contributed by atoms with Gasteiger partial charge in [-0.15, -0.1) is 0 Å². The third kappa shape index (κ3) is 7.65. The molecule has 0 aliphatic carbocycles. The van der Waals surface area contributed by atoms with Crippen LogP contribution in [0.1, 0.15) is 12.0 Å². The molecule has 0 spiro atoms. The first-order valence-corrected chi connectivity index (χ1v) is 11.1. The summed E-state index contributed by atoms with van der Waals surface area (Å²) in [6.45, 7) is 3.83. The number of carboxylic acids is 2. The predicted molar refractivity (Wildman–Crippen MR) is 134 cm³/mol. The van der Waals surface area contributed by atoms with E-state index in [1.165, 1.54) is 28.2 Å². The number of ether oxygens (including phenoxy) is 1. The third-order valence-corrected chi connectivity index (χ3v) is 5.42. The highest BCUT2D eigenvalue weighted by atomic mass is 16.5. The molecule has 0 amide bonds. The SMILES string of the molecule is COc1cncnc1NCCN1CC=C(c2cccc3ccccc23)CC1.O=C(O)C=CC(=O)O. The van der Waals surface area contributed by atoms with Gasteiger partial charge < -0.3 is 20.3 Å². The highest BCUT2D eigenvalue weighted by molar-refractivity contribution is 5.94. The first-order valence-electron chi connectivity index (χ1n) is 11.1. The van der Waals surface area contributed by atoms with E-state index in [1.54, 1.807) is 13.3 Å². The van der Waals surface area contributed by atoms with Crippen LogP contribution in [0.25, 0.3) is 16.3 Å². The zero-order valence-corrected chi connectivity index (χ0v) is 19.4. The molecule has 2 aromatic carbocycles. The van der Waals surface area contributed by atoms with E-state index in [9.17, 15) is 9.59 Å². The Morgan fingerprint density at radius 2 is 1.86 bits per heavy atom. The Balaban J connectivity index is 0.000000371. The molecule has 9 nitrogen and oxygen atoms in total. The Bertz CT molecular complexity index is 1200. The van der Waals surface area contributed by atoms with Crippen LogP contribution in [0.2, 0.25) is 0 Å². The Morgan fingerprint density at radius 3 is 2.54 bits per heavy atom. The van der Waals surface area contributed by atoms with Crippen LogP contribution in [0.4, 0.5) is 5.82 Å². The number of aromatic nitrogens is 2. The van der Waals surface area contributed by atoms with Gasteiger partial charge in [0.15, 0.2) is 11.6 Å². The van der Waals surface area contributed by atoms with E-state index in [2.05, 4.69) is 68.7 Å². The van der Waals surface area contributed by atoms with E-state index in [1.807, 2.05) is 0 Å². The Labute approximate surface area is 203 Å². The maximum Gasteiger partial charge on any atom is 0.328 e. The van der Waals surface area contributed by atoms with Crippen LogP contribution in [0.15, 0.2) is 73.2 Å². The molecule has 2 heterocycles. The van der Waals surface area contributed by atoms with Gasteiger partial charge in [-0.25, -0.2) is 19.6 Å². The smallest absolute Gasteiger partial charge is 0.328 e. The van der Waals surface area contributed by atoms with Crippen molar-refractivity contribution in [2.45, 2.75) is 6.42 Å². The lowest BCUT2D eigenvalue weighted by molar-refractivity contribution is -0.134. The average Bonchev–Trinajstić information content (AvgIpc) is 2.88. The molecule has 0 bridgehead atoms. The second-order valence-electron chi connectivity index (χ2n) is 7.68. The molecule has 0 atom stereocenters. The monoisotopic (exact) mass is 476 g/mol. The summed E-state index contributed by atoms with van der Waals surface area (Å²) >= 11 is 0. The van der Waals surface area contributed by atoms with Gasteiger partial charge in [-0.2, -0.15) is 0 Å². The van der Waals surface area contributed by atoms with Crippen LogP contribution in [-0.4, -0.2) is 70.3 Å². The van der Waals surface area contributed by atoms with Gasteiger partial charge in [-0.1, -0.05) is 48.5 Å². The number of aliphatic carboxylic acids is 2. The topological polar surface area (TPSA) is 125 Å². The summed E-state index contributed by atoms with van der Waals surface area (Å²) in [4.78, 5) is 29.8. The highest BCUT2D eigenvalue weighted by Crippen LogP contribution is 2.29. The van der Waals surface area contributed by atoms with Crippen molar-refractivity contribution in [3.63, 3.8) is 0 Å². The van der Waals surface area contributed by atoms with Crippen LogP contribution >= 0.6 is 0 Å². The maximum absolute atomic E-state index is 9.55. The summed E-state index contributed by atoms with van der Waals surface area (Å²) in [6, 6.07) is 15.2. The molecule has 0 fully saturated rings. The lowest BCUT2D eigenvalue weighted by Gasteiger charge is -2.27. The van der Waals surface area contributed by atoms with Gasteiger partial charge in [0.05, 0.1) is 13.3 Å². The van der Waals surface area contributed by atoms with E-state index in [-0.39, 0.29) is 0 Å². The molecule has 4 rings (SSSR count). The fraction of sp³-hybridized carbons (Fsp3) is 0.231. The van der Waals surface area contributed by atoms with Crippen molar-refractivity contribution in [3.05, 3.63) is 78.8 Å². The van der Waals surface area contributed by atoms with Crippen LogP contribution in [-0.2, 0) is 9.59 Å². The molecule has 1 aromatic heterocycles. The number of rotatable bonds is 8. The number of nitrogens with one attached hydrogen (secondary N) is 1. The Hall–Kier alpha value is -4.24. The van der Waals surface area contributed by atoms with Crippen molar-refractivity contribution in [1.29, 1.82) is 0 Å². The lowest BCUT2D eigenvalue weighted by Crippen LogP contribution is -2.33. The first kappa shape index (κ1) is 25.4. The van der Waals surface area contributed by atoms with Gasteiger partial charge in [0.2, 0.25) is 0 Å². The molecule has 0 unspecified atom stereocenters.